The fourth-order valence-corrected chi connectivity index (χ4v) is 1.91. The molecule has 0 aliphatic rings. The van der Waals surface area contributed by atoms with Gasteiger partial charge >= 0.3 is 64.8 Å². The van der Waals surface area contributed by atoms with Crippen molar-refractivity contribution >= 4 is 28.0 Å². The average Bonchev–Trinajstić information content (AvgIpc) is 2.95. The number of anilines is 1. The van der Waals surface area contributed by atoms with Crippen molar-refractivity contribution in [1.82, 2.24) is 25.3 Å². The van der Waals surface area contributed by atoms with Gasteiger partial charge in [-0.15, -0.1) is 15.5 Å². The Morgan fingerprint density at radius 2 is 1.21 bits per heavy atom. The minimum Gasteiger partial charge on any atom is -1.00 e. The predicted molar refractivity (Wildman–Crippen MR) is 144 cm³/mol. The molecule has 5 N–H and O–H groups in total. The number of benzene rings is 2. The van der Waals surface area contributed by atoms with Crippen molar-refractivity contribution in [1.29, 1.82) is 0 Å². The van der Waals surface area contributed by atoms with Crippen molar-refractivity contribution in [2.75, 3.05) is 5.73 Å². The van der Waals surface area contributed by atoms with E-state index in [1.54, 1.807) is 24.3 Å². The van der Waals surface area contributed by atoms with E-state index in [-0.39, 0.29) is 66.5 Å². The van der Waals surface area contributed by atoms with Crippen LogP contribution in [0.3, 0.4) is 0 Å². The number of aromatic nitrogens is 6. The molecule has 2 heterocycles. The maximum absolute atomic E-state index is 11.0. The third-order valence-corrected chi connectivity index (χ3v) is 2.90. The van der Waals surface area contributed by atoms with Gasteiger partial charge in [0.15, 0.2) is 0 Å². The van der Waals surface area contributed by atoms with Gasteiger partial charge in [0, 0.05) is 6.07 Å². The van der Waals surface area contributed by atoms with Crippen LogP contribution >= 0.6 is 0 Å². The molecule has 14 nitrogen and oxygen atoms in total. The summed E-state index contributed by atoms with van der Waals surface area (Å²) in [6, 6.07) is 14.1. The summed E-state index contributed by atoms with van der Waals surface area (Å²) in [7, 11) is 0. The first-order valence-corrected chi connectivity index (χ1v) is 11.1. The molecule has 0 spiro atoms. The molecule has 0 aliphatic carbocycles. The van der Waals surface area contributed by atoms with Gasteiger partial charge in [0.05, 0.1) is 5.52 Å². The van der Waals surface area contributed by atoms with Gasteiger partial charge in [-0.2, -0.15) is 4.98 Å². The number of nitrogens with two attached hydrogens (primary N) is 1. The average molecular weight is 557 g/mol. The molecule has 0 radical (unpaired) electrons. The summed E-state index contributed by atoms with van der Waals surface area (Å²) in [4.78, 5) is 26.7. The van der Waals surface area contributed by atoms with Crippen LogP contribution in [0.1, 0.15) is 56.8 Å². The summed E-state index contributed by atoms with van der Waals surface area (Å²) in [5.74, 6) is 0.212. The van der Waals surface area contributed by atoms with E-state index in [4.69, 9.17) is 26.4 Å². The molecule has 2 aromatic heterocycles. The first-order valence-electron chi connectivity index (χ1n) is 11.1. The van der Waals surface area contributed by atoms with Gasteiger partial charge in [0.25, 0.3) is 5.52 Å². The number of rotatable bonds is 0. The van der Waals surface area contributed by atoms with Gasteiger partial charge in [-0.3, -0.25) is 10.5 Å². The monoisotopic (exact) mass is 556 g/mol. The van der Waals surface area contributed by atoms with E-state index >= 15 is 0 Å². The molecule has 4 rings (SSSR count). The second-order valence-electron chi connectivity index (χ2n) is 4.55. The third-order valence-electron chi connectivity index (χ3n) is 2.90. The van der Waals surface area contributed by atoms with Gasteiger partial charge in [-0.05, 0) is 18.2 Å². The second kappa shape index (κ2) is 36.9. The van der Waals surface area contributed by atoms with Crippen molar-refractivity contribution in [3.05, 3.63) is 74.3 Å². The molecule has 0 bridgehead atoms. The molecule has 16 heteroatoms. The number of hydrogen-bond acceptors (Lipinski definition) is 12. The van der Waals surface area contributed by atoms with Crippen molar-refractivity contribution < 1.29 is 75.9 Å². The van der Waals surface area contributed by atoms with Gasteiger partial charge in [-0.1, -0.05) is 89.6 Å². The number of aromatic amines is 1. The minimum atomic E-state index is -0.635. The standard InChI is InChI=1S/C7H6N4.C7H5N3O2.4C2H6.HNO2.2Na.H2O2.H/c8-7-9-5-3-1-2-4-6(5)10-11-7;11-7-8-5-3-1-2-4-6(5)10(12)9-7;4*1-2;2-1-3;;;1-2;/h1-4H,(H2,8,9,11);1-4H,(H,8,9,11);4*1-2H3;(H,2,3);;;1-2H;/q;;;;;;;2*+1;;-1/p-1. The fourth-order valence-electron chi connectivity index (χ4n) is 1.91. The van der Waals surface area contributed by atoms with Crippen molar-refractivity contribution in [2.45, 2.75) is 55.4 Å². The van der Waals surface area contributed by atoms with Crippen LogP contribution < -0.4 is 75.4 Å². The molecule has 0 unspecified atom stereocenters. The van der Waals surface area contributed by atoms with Gasteiger partial charge in [0.1, 0.15) is 11.0 Å². The number of H-pyrrole nitrogens is 1. The molecule has 0 fully saturated rings. The molecule has 2 aromatic carbocycles. The number of hydrogen-bond donors (Lipinski definition) is 4. The van der Waals surface area contributed by atoms with Crippen LogP contribution in [0, 0.1) is 15.3 Å². The summed E-state index contributed by atoms with van der Waals surface area (Å²) >= 11 is 0. The van der Waals surface area contributed by atoms with Gasteiger partial charge in [0.2, 0.25) is 5.95 Å². The van der Waals surface area contributed by atoms with Crippen molar-refractivity contribution in [3.8, 4) is 0 Å². The van der Waals surface area contributed by atoms with Crippen molar-refractivity contribution in [3.63, 3.8) is 0 Å². The number of nitrogens with one attached hydrogen (secondary N) is 1. The smallest absolute Gasteiger partial charge is 1.00 e. The third kappa shape index (κ3) is 21.8. The minimum absolute atomic E-state index is 0. The summed E-state index contributed by atoms with van der Waals surface area (Å²) < 4.78 is 0. The van der Waals surface area contributed by atoms with E-state index < -0.39 is 5.69 Å². The van der Waals surface area contributed by atoms with E-state index in [2.05, 4.69) is 20.2 Å². The normalized spacial score (nSPS) is 7.32. The summed E-state index contributed by atoms with van der Waals surface area (Å²) in [5, 5.41) is 41.5. The van der Waals surface area contributed by atoms with E-state index in [0.717, 1.165) is 16.4 Å². The van der Waals surface area contributed by atoms with Crippen LogP contribution in [0.2, 0.25) is 0 Å². The number of para-hydroxylation sites is 3. The first-order chi connectivity index (χ1) is 17.5. The Morgan fingerprint density at radius 3 is 1.68 bits per heavy atom. The number of nitrogen functional groups attached to an aromatic ring is 1. The molecule has 0 atom stereocenters. The molecule has 0 saturated carbocycles. The van der Waals surface area contributed by atoms with E-state index in [9.17, 15) is 10.0 Å². The molecular formula is C22H38N8Na2O6. The molecule has 4 aromatic rings. The topological polar surface area (TPSA) is 230 Å². The quantitative estimate of drug-likeness (QED) is 0.0494. The molecule has 0 saturated heterocycles. The zero-order valence-corrected chi connectivity index (χ0v) is 27.9. The Morgan fingerprint density at radius 1 is 0.816 bits per heavy atom. The van der Waals surface area contributed by atoms with Gasteiger partial charge < -0.3 is 22.5 Å². The first kappa shape index (κ1) is 48.7. The van der Waals surface area contributed by atoms with Crippen molar-refractivity contribution in [2.24, 2.45) is 5.34 Å². The van der Waals surface area contributed by atoms with Crippen LogP contribution in [0.5, 0.6) is 0 Å². The fraction of sp³-hybridized carbons (Fsp3) is 0.364. The summed E-state index contributed by atoms with van der Waals surface area (Å²) in [6.07, 6.45) is 0. The Balaban J connectivity index is -0.0000000704. The maximum Gasteiger partial charge on any atom is 1.00 e. The summed E-state index contributed by atoms with van der Waals surface area (Å²) in [6.45, 7) is 16.0. The Hall–Kier alpha value is -2.30. The molecule has 0 amide bonds. The Bertz CT molecular complexity index is 1110. The van der Waals surface area contributed by atoms with Crippen LogP contribution in [-0.2, 0) is 0 Å². The SMILES string of the molecule is CC.CC.CC.CC.Nc1nnc2ccccc2n1.O=N[O-].O=c1nc2ccccc2[n+]([O-])[nH]1.OO.[H-].[Na+].[Na+]. The maximum atomic E-state index is 11.0. The van der Waals surface area contributed by atoms with E-state index in [1.165, 1.54) is 0 Å². The molecular weight excluding hydrogens is 518 g/mol. The Kier molecular flexibility index (Phi) is 47.3. The van der Waals surface area contributed by atoms with E-state index in [0.29, 0.717) is 15.9 Å². The molecule has 0 aliphatic heterocycles. The largest absolute Gasteiger partial charge is 1.00 e. The van der Waals surface area contributed by atoms with Crippen LogP contribution in [0.4, 0.5) is 5.95 Å². The molecule has 204 valence electrons. The zero-order chi connectivity index (χ0) is 28.9. The van der Waals surface area contributed by atoms with Crippen LogP contribution in [0.25, 0.3) is 22.1 Å². The second-order valence-corrected chi connectivity index (χ2v) is 4.55. The summed E-state index contributed by atoms with van der Waals surface area (Å²) in [5.41, 5.74) is 7.00. The van der Waals surface area contributed by atoms with Crippen LogP contribution in [0.15, 0.2) is 58.7 Å². The Labute approximate surface area is 268 Å². The van der Waals surface area contributed by atoms with E-state index in [1.807, 2.05) is 84.8 Å². The number of fused-ring (bicyclic) bond motifs is 2. The van der Waals surface area contributed by atoms with Gasteiger partial charge in [-0.25, -0.2) is 9.78 Å². The molecule has 38 heavy (non-hydrogen) atoms. The predicted octanol–water partition coefficient (Wildman–Crippen LogP) is -1.34. The zero-order valence-electron chi connectivity index (χ0n) is 24.9. The number of nitrogens with zero attached hydrogens (tertiary/aromatic N) is 6. The van der Waals surface area contributed by atoms with Crippen LogP contribution in [-0.4, -0.2) is 35.8 Å².